The van der Waals surface area contributed by atoms with E-state index in [-0.39, 0.29) is 11.6 Å². The molecule has 0 atom stereocenters. The first-order chi connectivity index (χ1) is 7.66. The van der Waals surface area contributed by atoms with Gasteiger partial charge in [-0.2, -0.15) is 0 Å². The molecule has 0 saturated carbocycles. The molecule has 0 radical (unpaired) electrons. The van der Waals surface area contributed by atoms with Crippen molar-refractivity contribution in [3.05, 3.63) is 30.6 Å². The lowest BCUT2D eigenvalue weighted by Crippen LogP contribution is -2.08. The lowest BCUT2D eigenvalue weighted by atomic mass is 10.2. The summed E-state index contributed by atoms with van der Waals surface area (Å²) in [4.78, 5) is 6.74. The fourth-order valence-electron chi connectivity index (χ4n) is 1.49. The zero-order valence-electron chi connectivity index (χ0n) is 7.88. The van der Waals surface area contributed by atoms with Gasteiger partial charge in [0.15, 0.2) is 0 Å². The van der Waals surface area contributed by atoms with Crippen LogP contribution in [0.2, 0.25) is 0 Å². The molecule has 1 aliphatic rings. The Balaban J connectivity index is 2.21. The van der Waals surface area contributed by atoms with E-state index in [9.17, 15) is 8.42 Å². The first-order valence-corrected chi connectivity index (χ1v) is 5.76. The second-order valence-electron chi connectivity index (χ2n) is 3.15. The first kappa shape index (κ1) is 9.22. The molecule has 2 aromatic heterocycles. The summed E-state index contributed by atoms with van der Waals surface area (Å²) in [5.41, 5.74) is 1.33. The van der Waals surface area contributed by atoms with Crippen molar-refractivity contribution in [1.82, 2.24) is 9.97 Å². The maximum absolute atomic E-state index is 11.1. The molecule has 0 bridgehead atoms. The highest BCUT2D eigenvalue weighted by molar-refractivity contribution is 7.82. The summed E-state index contributed by atoms with van der Waals surface area (Å²) in [6.45, 7) is 0. The van der Waals surface area contributed by atoms with Crippen molar-refractivity contribution in [2.75, 3.05) is 0 Å². The smallest absolute Gasteiger partial charge is 0.361 e. The molecule has 1 aliphatic heterocycles. The maximum atomic E-state index is 11.1. The molecule has 0 unspecified atom stereocenters. The van der Waals surface area contributed by atoms with Crippen molar-refractivity contribution in [2.45, 2.75) is 0 Å². The molecule has 82 valence electrons. The lowest BCUT2D eigenvalue weighted by Gasteiger charge is -2.00. The van der Waals surface area contributed by atoms with Crippen molar-refractivity contribution >= 4 is 10.4 Å². The van der Waals surface area contributed by atoms with E-state index in [1.807, 2.05) is 0 Å². The molecule has 3 rings (SSSR count). The highest BCUT2D eigenvalue weighted by Gasteiger charge is 2.32. The minimum absolute atomic E-state index is 0.0351. The zero-order valence-corrected chi connectivity index (χ0v) is 8.69. The van der Waals surface area contributed by atoms with Crippen LogP contribution in [0.25, 0.3) is 11.3 Å². The highest BCUT2D eigenvalue weighted by Crippen LogP contribution is 2.41. The second-order valence-corrected chi connectivity index (χ2v) is 4.30. The molecular formula is C9H6N2O4S. The molecule has 2 aromatic rings. The van der Waals surface area contributed by atoms with E-state index in [4.69, 9.17) is 4.18 Å². The maximum Gasteiger partial charge on any atom is 0.502 e. The van der Waals surface area contributed by atoms with E-state index in [1.54, 1.807) is 24.4 Å². The van der Waals surface area contributed by atoms with Crippen LogP contribution < -0.4 is 8.37 Å². The number of aromatic amines is 1. The number of hydrogen-bond acceptors (Lipinski definition) is 5. The second kappa shape index (κ2) is 2.99. The third-order valence-electron chi connectivity index (χ3n) is 2.13. The molecule has 7 heteroatoms. The predicted molar refractivity (Wildman–Crippen MR) is 54.2 cm³/mol. The van der Waals surface area contributed by atoms with Gasteiger partial charge in [-0.1, -0.05) is 0 Å². The van der Waals surface area contributed by atoms with Gasteiger partial charge in [0.2, 0.25) is 5.75 Å². The van der Waals surface area contributed by atoms with E-state index < -0.39 is 10.4 Å². The number of nitrogens with zero attached hydrogens (tertiary/aromatic N) is 1. The normalized spacial score (nSPS) is 16.2. The summed E-state index contributed by atoms with van der Waals surface area (Å²) < 4.78 is 31.5. The van der Waals surface area contributed by atoms with Crippen LogP contribution in [0.4, 0.5) is 0 Å². The monoisotopic (exact) mass is 238 g/mol. The average Bonchev–Trinajstić information content (AvgIpc) is 2.80. The van der Waals surface area contributed by atoms with Gasteiger partial charge in [0.25, 0.3) is 5.88 Å². The van der Waals surface area contributed by atoms with Crippen LogP contribution in [-0.2, 0) is 10.4 Å². The molecule has 0 spiro atoms. The van der Waals surface area contributed by atoms with Crippen LogP contribution in [-0.4, -0.2) is 18.4 Å². The fraction of sp³-hybridized carbons (Fsp3) is 0. The highest BCUT2D eigenvalue weighted by atomic mass is 32.3. The van der Waals surface area contributed by atoms with Crippen LogP contribution in [0.15, 0.2) is 30.6 Å². The van der Waals surface area contributed by atoms with Crippen LogP contribution in [0.1, 0.15) is 0 Å². The largest absolute Gasteiger partial charge is 0.502 e. The van der Waals surface area contributed by atoms with E-state index in [1.165, 1.54) is 6.20 Å². The van der Waals surface area contributed by atoms with Crippen LogP contribution in [0, 0.1) is 0 Å². The van der Waals surface area contributed by atoms with Gasteiger partial charge in [-0.25, -0.2) is 4.98 Å². The molecular weight excluding hydrogens is 232 g/mol. The Morgan fingerprint density at radius 2 is 2.12 bits per heavy atom. The topological polar surface area (TPSA) is 81.3 Å². The summed E-state index contributed by atoms with van der Waals surface area (Å²) in [5, 5.41) is 0. The van der Waals surface area contributed by atoms with E-state index in [0.717, 1.165) is 5.69 Å². The summed E-state index contributed by atoms with van der Waals surface area (Å²) in [7, 11) is -4.00. The van der Waals surface area contributed by atoms with Gasteiger partial charge in [0.1, 0.15) is 0 Å². The summed E-state index contributed by atoms with van der Waals surface area (Å²) in [5.74, 6) is 0.0806. The average molecular weight is 238 g/mol. The van der Waals surface area contributed by atoms with Crippen LogP contribution in [0.5, 0.6) is 11.6 Å². The summed E-state index contributed by atoms with van der Waals surface area (Å²) in [6, 6.07) is 5.24. The van der Waals surface area contributed by atoms with Gasteiger partial charge in [0, 0.05) is 23.7 Å². The number of pyridine rings is 1. The third kappa shape index (κ3) is 1.33. The number of rotatable bonds is 1. The van der Waals surface area contributed by atoms with Gasteiger partial charge in [-0.3, -0.25) is 0 Å². The number of nitrogens with one attached hydrogen (secondary N) is 1. The Bertz CT molecular complexity index is 634. The Morgan fingerprint density at radius 1 is 1.25 bits per heavy atom. The molecule has 0 aliphatic carbocycles. The lowest BCUT2D eigenvalue weighted by molar-refractivity contribution is 0.434. The van der Waals surface area contributed by atoms with Gasteiger partial charge in [0.05, 0.1) is 0 Å². The summed E-state index contributed by atoms with van der Waals surface area (Å²) in [6.07, 6.45) is 3.19. The van der Waals surface area contributed by atoms with Crippen molar-refractivity contribution in [3.8, 4) is 22.9 Å². The minimum atomic E-state index is -4.00. The van der Waals surface area contributed by atoms with Gasteiger partial charge in [-0.05, 0) is 18.2 Å². The Kier molecular flexibility index (Phi) is 1.72. The van der Waals surface area contributed by atoms with E-state index in [0.29, 0.717) is 5.56 Å². The minimum Gasteiger partial charge on any atom is -0.361 e. The van der Waals surface area contributed by atoms with E-state index >= 15 is 0 Å². The standard InChI is InChI=1S/C9H6N2O4S/c12-16(13)14-8-6(7-2-1-4-10-7)3-5-11-9(8)15-16/h1-5,10H. The zero-order chi connectivity index (χ0) is 11.2. The SMILES string of the molecule is O=S1(=O)Oc2nccc(-c3ccc[nH]3)c2O1. The van der Waals surface area contributed by atoms with Gasteiger partial charge >= 0.3 is 10.4 Å². The van der Waals surface area contributed by atoms with Gasteiger partial charge < -0.3 is 13.4 Å². The molecule has 16 heavy (non-hydrogen) atoms. The molecule has 0 aromatic carbocycles. The number of H-pyrrole nitrogens is 1. The number of fused-ring (bicyclic) bond motifs is 1. The van der Waals surface area contributed by atoms with Crippen molar-refractivity contribution < 1.29 is 16.8 Å². The number of aromatic nitrogens is 2. The molecule has 1 N–H and O–H groups in total. The van der Waals surface area contributed by atoms with Crippen LogP contribution >= 0.6 is 0 Å². The summed E-state index contributed by atoms with van der Waals surface area (Å²) >= 11 is 0. The number of hydrogen-bond donors (Lipinski definition) is 1. The molecule has 6 nitrogen and oxygen atoms in total. The first-order valence-electron chi connectivity index (χ1n) is 4.42. The Hall–Kier alpha value is -2.02. The van der Waals surface area contributed by atoms with Crippen molar-refractivity contribution in [3.63, 3.8) is 0 Å². The third-order valence-corrected chi connectivity index (χ3v) is 2.86. The Morgan fingerprint density at radius 3 is 2.88 bits per heavy atom. The molecule has 0 saturated heterocycles. The quantitative estimate of drug-likeness (QED) is 0.804. The predicted octanol–water partition coefficient (Wildman–Crippen LogP) is 1.09. The molecule has 0 fully saturated rings. The van der Waals surface area contributed by atoms with Crippen molar-refractivity contribution in [1.29, 1.82) is 0 Å². The molecule has 0 amide bonds. The van der Waals surface area contributed by atoms with Crippen LogP contribution in [0.3, 0.4) is 0 Å². The van der Waals surface area contributed by atoms with E-state index in [2.05, 4.69) is 14.2 Å². The van der Waals surface area contributed by atoms with Crippen molar-refractivity contribution in [2.24, 2.45) is 0 Å². The fourth-order valence-corrected chi connectivity index (χ4v) is 2.21. The van der Waals surface area contributed by atoms with Gasteiger partial charge in [-0.15, -0.1) is 8.42 Å². The molecule has 3 heterocycles. The Labute approximate surface area is 91.2 Å².